The quantitative estimate of drug-likeness (QED) is 0.659. The summed E-state index contributed by atoms with van der Waals surface area (Å²) in [6, 6.07) is 0. The standard InChI is InChI=1S/C13H29NO/c1-11(2)10-15-8-7-12(3)9-14-13(4,5)6/h11-12,14H,7-10H2,1-6H3. The van der Waals surface area contributed by atoms with Gasteiger partial charge in [-0.05, 0) is 45.6 Å². The van der Waals surface area contributed by atoms with Crippen LogP contribution in [0, 0.1) is 11.8 Å². The van der Waals surface area contributed by atoms with Crippen LogP contribution in [0.15, 0.2) is 0 Å². The highest BCUT2D eigenvalue weighted by atomic mass is 16.5. The van der Waals surface area contributed by atoms with E-state index in [9.17, 15) is 0 Å². The number of hydrogen-bond donors (Lipinski definition) is 1. The summed E-state index contributed by atoms with van der Waals surface area (Å²) in [4.78, 5) is 0. The molecule has 1 N–H and O–H groups in total. The Kier molecular flexibility index (Phi) is 7.20. The Morgan fingerprint density at radius 2 is 1.73 bits per heavy atom. The van der Waals surface area contributed by atoms with Crippen LogP contribution in [-0.4, -0.2) is 25.3 Å². The average molecular weight is 215 g/mol. The van der Waals surface area contributed by atoms with Gasteiger partial charge in [0.2, 0.25) is 0 Å². The molecular formula is C13H29NO. The summed E-state index contributed by atoms with van der Waals surface area (Å²) >= 11 is 0. The molecule has 0 heterocycles. The largest absolute Gasteiger partial charge is 0.381 e. The first-order chi connectivity index (χ1) is 6.81. The van der Waals surface area contributed by atoms with Crippen LogP contribution in [0.5, 0.6) is 0 Å². The second-order valence-electron chi connectivity index (χ2n) is 5.99. The Balaban J connectivity index is 3.38. The van der Waals surface area contributed by atoms with Crippen LogP contribution in [0.1, 0.15) is 48.0 Å². The number of ether oxygens (including phenoxy) is 1. The third kappa shape index (κ3) is 11.8. The van der Waals surface area contributed by atoms with E-state index < -0.39 is 0 Å². The number of nitrogens with one attached hydrogen (secondary N) is 1. The molecule has 0 saturated heterocycles. The van der Waals surface area contributed by atoms with Crippen LogP contribution in [0.4, 0.5) is 0 Å². The fourth-order valence-electron chi connectivity index (χ4n) is 1.19. The zero-order valence-electron chi connectivity index (χ0n) is 11.4. The summed E-state index contributed by atoms with van der Waals surface area (Å²) < 4.78 is 5.57. The fraction of sp³-hybridized carbons (Fsp3) is 1.00. The van der Waals surface area contributed by atoms with Crippen molar-refractivity contribution in [1.82, 2.24) is 5.32 Å². The lowest BCUT2D eigenvalue weighted by Gasteiger charge is -2.23. The van der Waals surface area contributed by atoms with Gasteiger partial charge < -0.3 is 10.1 Å². The van der Waals surface area contributed by atoms with E-state index in [1.807, 2.05) is 0 Å². The Hall–Kier alpha value is -0.0800. The molecule has 0 aliphatic rings. The number of hydrogen-bond acceptors (Lipinski definition) is 2. The molecule has 0 rings (SSSR count). The molecular weight excluding hydrogens is 186 g/mol. The topological polar surface area (TPSA) is 21.3 Å². The van der Waals surface area contributed by atoms with Gasteiger partial charge in [-0.1, -0.05) is 20.8 Å². The van der Waals surface area contributed by atoms with Gasteiger partial charge in [0.25, 0.3) is 0 Å². The Morgan fingerprint density at radius 1 is 1.13 bits per heavy atom. The van der Waals surface area contributed by atoms with Crippen molar-refractivity contribution in [3.63, 3.8) is 0 Å². The molecule has 0 radical (unpaired) electrons. The van der Waals surface area contributed by atoms with Crippen LogP contribution in [0.25, 0.3) is 0 Å². The van der Waals surface area contributed by atoms with E-state index in [4.69, 9.17) is 4.74 Å². The van der Waals surface area contributed by atoms with Gasteiger partial charge in [0.15, 0.2) is 0 Å². The molecule has 0 aromatic heterocycles. The average Bonchev–Trinajstić information content (AvgIpc) is 2.07. The SMILES string of the molecule is CC(C)COCCC(C)CNC(C)(C)C. The summed E-state index contributed by atoms with van der Waals surface area (Å²) in [5, 5.41) is 3.52. The van der Waals surface area contributed by atoms with E-state index in [1.54, 1.807) is 0 Å². The van der Waals surface area contributed by atoms with E-state index in [2.05, 4.69) is 46.9 Å². The Labute approximate surface area is 95.8 Å². The predicted molar refractivity (Wildman–Crippen MR) is 67.2 cm³/mol. The molecule has 0 aliphatic heterocycles. The van der Waals surface area contributed by atoms with Crippen molar-refractivity contribution < 1.29 is 4.74 Å². The first-order valence-corrected chi connectivity index (χ1v) is 6.14. The molecule has 2 nitrogen and oxygen atoms in total. The van der Waals surface area contributed by atoms with E-state index in [-0.39, 0.29) is 5.54 Å². The van der Waals surface area contributed by atoms with Crippen molar-refractivity contribution in [2.75, 3.05) is 19.8 Å². The normalized spacial score (nSPS) is 14.6. The third-order valence-electron chi connectivity index (χ3n) is 2.19. The maximum atomic E-state index is 5.57. The molecule has 1 atom stereocenters. The smallest absolute Gasteiger partial charge is 0.0488 e. The zero-order chi connectivity index (χ0) is 11.9. The predicted octanol–water partition coefficient (Wildman–Crippen LogP) is 3.07. The Morgan fingerprint density at radius 3 is 2.20 bits per heavy atom. The lowest BCUT2D eigenvalue weighted by Crippen LogP contribution is -2.38. The van der Waals surface area contributed by atoms with Crippen molar-refractivity contribution in [3.05, 3.63) is 0 Å². The highest BCUT2D eigenvalue weighted by Crippen LogP contribution is 2.05. The monoisotopic (exact) mass is 215 g/mol. The maximum Gasteiger partial charge on any atom is 0.0488 e. The van der Waals surface area contributed by atoms with Crippen molar-refractivity contribution in [2.24, 2.45) is 11.8 Å². The van der Waals surface area contributed by atoms with Crippen LogP contribution >= 0.6 is 0 Å². The van der Waals surface area contributed by atoms with E-state index in [0.717, 1.165) is 26.2 Å². The van der Waals surface area contributed by atoms with Crippen molar-refractivity contribution in [2.45, 2.75) is 53.5 Å². The van der Waals surface area contributed by atoms with Gasteiger partial charge in [0.1, 0.15) is 0 Å². The molecule has 0 amide bonds. The molecule has 15 heavy (non-hydrogen) atoms. The lowest BCUT2D eigenvalue weighted by atomic mass is 10.0. The molecule has 92 valence electrons. The van der Waals surface area contributed by atoms with Crippen molar-refractivity contribution in [3.8, 4) is 0 Å². The Bertz CT molecular complexity index is 149. The minimum Gasteiger partial charge on any atom is -0.381 e. The second kappa shape index (κ2) is 7.24. The maximum absolute atomic E-state index is 5.57. The van der Waals surface area contributed by atoms with E-state index in [0.29, 0.717) is 11.8 Å². The lowest BCUT2D eigenvalue weighted by molar-refractivity contribution is 0.0986. The second-order valence-corrected chi connectivity index (χ2v) is 5.99. The molecule has 0 spiro atoms. The summed E-state index contributed by atoms with van der Waals surface area (Å²) in [7, 11) is 0. The van der Waals surface area contributed by atoms with Crippen molar-refractivity contribution >= 4 is 0 Å². The van der Waals surface area contributed by atoms with Crippen LogP contribution in [0.2, 0.25) is 0 Å². The van der Waals surface area contributed by atoms with Gasteiger partial charge in [-0.2, -0.15) is 0 Å². The summed E-state index contributed by atoms with van der Waals surface area (Å²) in [6.07, 6.45) is 1.15. The molecule has 0 fully saturated rings. The molecule has 0 bridgehead atoms. The molecule has 1 unspecified atom stereocenters. The highest BCUT2D eigenvalue weighted by Gasteiger charge is 2.10. The number of rotatable bonds is 7. The van der Waals surface area contributed by atoms with Crippen molar-refractivity contribution in [1.29, 1.82) is 0 Å². The first-order valence-electron chi connectivity index (χ1n) is 6.14. The van der Waals surface area contributed by atoms with Gasteiger partial charge >= 0.3 is 0 Å². The van der Waals surface area contributed by atoms with Gasteiger partial charge in [-0.25, -0.2) is 0 Å². The van der Waals surface area contributed by atoms with E-state index in [1.165, 1.54) is 0 Å². The van der Waals surface area contributed by atoms with Crippen LogP contribution in [-0.2, 0) is 4.74 Å². The summed E-state index contributed by atoms with van der Waals surface area (Å²) in [6.45, 7) is 16.1. The molecule has 0 aliphatic carbocycles. The minimum absolute atomic E-state index is 0.229. The molecule has 2 heteroatoms. The highest BCUT2D eigenvalue weighted by molar-refractivity contribution is 4.71. The zero-order valence-corrected chi connectivity index (χ0v) is 11.4. The third-order valence-corrected chi connectivity index (χ3v) is 2.19. The van der Waals surface area contributed by atoms with Gasteiger partial charge in [-0.15, -0.1) is 0 Å². The molecule has 0 aromatic rings. The summed E-state index contributed by atoms with van der Waals surface area (Å²) in [5.41, 5.74) is 0.229. The van der Waals surface area contributed by atoms with Gasteiger partial charge in [-0.3, -0.25) is 0 Å². The van der Waals surface area contributed by atoms with Crippen LogP contribution in [0.3, 0.4) is 0 Å². The van der Waals surface area contributed by atoms with Crippen LogP contribution < -0.4 is 5.32 Å². The van der Waals surface area contributed by atoms with Gasteiger partial charge in [0.05, 0.1) is 0 Å². The minimum atomic E-state index is 0.229. The van der Waals surface area contributed by atoms with Gasteiger partial charge in [0, 0.05) is 18.8 Å². The van der Waals surface area contributed by atoms with E-state index >= 15 is 0 Å². The molecule has 0 aromatic carbocycles. The fourth-order valence-corrected chi connectivity index (χ4v) is 1.19. The summed E-state index contributed by atoms with van der Waals surface area (Å²) in [5.74, 6) is 1.34. The first kappa shape index (κ1) is 14.9. The molecule has 0 saturated carbocycles.